The van der Waals surface area contributed by atoms with Crippen molar-refractivity contribution in [2.24, 2.45) is 0 Å². The van der Waals surface area contributed by atoms with E-state index in [2.05, 4.69) is 22.5 Å². The summed E-state index contributed by atoms with van der Waals surface area (Å²) in [4.78, 5) is 15.4. The van der Waals surface area contributed by atoms with Crippen molar-refractivity contribution >= 4 is 22.6 Å². The summed E-state index contributed by atoms with van der Waals surface area (Å²) >= 11 is 0. The lowest BCUT2D eigenvalue weighted by atomic mass is 10.0. The molecular formula is C16H16N2O2. The summed E-state index contributed by atoms with van der Waals surface area (Å²) in [6.07, 6.45) is 7.38. The standard InChI is InChI=1S/C16H16N2O2/c19-16(20)14-10-11-6-4-5-9-13(11)15(18-14)17-12-7-2-1-3-8-12/h1-2,4-6,9-10,12H,3,7-8H2,(H,17,18)(H,19,20). The highest BCUT2D eigenvalue weighted by Crippen LogP contribution is 2.25. The van der Waals surface area contributed by atoms with Crippen LogP contribution in [-0.4, -0.2) is 22.1 Å². The molecule has 4 heteroatoms. The Morgan fingerprint density at radius 1 is 1.30 bits per heavy atom. The van der Waals surface area contributed by atoms with Gasteiger partial charge in [0.1, 0.15) is 5.82 Å². The van der Waals surface area contributed by atoms with Crippen LogP contribution in [-0.2, 0) is 0 Å². The van der Waals surface area contributed by atoms with E-state index in [1.165, 1.54) is 0 Å². The van der Waals surface area contributed by atoms with E-state index in [0.29, 0.717) is 11.9 Å². The number of rotatable bonds is 3. The average molecular weight is 268 g/mol. The third kappa shape index (κ3) is 2.50. The van der Waals surface area contributed by atoms with Gasteiger partial charge in [0.05, 0.1) is 0 Å². The second-order valence-electron chi connectivity index (χ2n) is 5.01. The number of allylic oxidation sites excluding steroid dienone is 1. The van der Waals surface area contributed by atoms with E-state index in [4.69, 9.17) is 0 Å². The number of nitrogens with one attached hydrogen (secondary N) is 1. The number of fused-ring (bicyclic) bond motifs is 1. The molecule has 1 unspecified atom stereocenters. The van der Waals surface area contributed by atoms with Crippen molar-refractivity contribution < 1.29 is 9.90 Å². The number of hydrogen-bond donors (Lipinski definition) is 2. The molecule has 0 fully saturated rings. The van der Waals surface area contributed by atoms with Crippen LogP contribution in [0.1, 0.15) is 29.8 Å². The topological polar surface area (TPSA) is 62.2 Å². The smallest absolute Gasteiger partial charge is 0.354 e. The Morgan fingerprint density at radius 3 is 2.90 bits per heavy atom. The summed E-state index contributed by atoms with van der Waals surface area (Å²) in [5.41, 5.74) is 0.0811. The van der Waals surface area contributed by atoms with Crippen LogP contribution in [0.2, 0.25) is 0 Å². The van der Waals surface area contributed by atoms with Crippen LogP contribution in [0.15, 0.2) is 42.5 Å². The quantitative estimate of drug-likeness (QED) is 0.837. The summed E-state index contributed by atoms with van der Waals surface area (Å²) in [7, 11) is 0. The predicted octanol–water partition coefficient (Wildman–Crippen LogP) is 3.45. The predicted molar refractivity (Wildman–Crippen MR) is 79.1 cm³/mol. The Morgan fingerprint density at radius 2 is 2.15 bits per heavy atom. The summed E-state index contributed by atoms with van der Waals surface area (Å²) in [6, 6.07) is 9.66. The molecule has 0 bridgehead atoms. The summed E-state index contributed by atoms with van der Waals surface area (Å²) < 4.78 is 0. The van der Waals surface area contributed by atoms with Crippen molar-refractivity contribution in [1.29, 1.82) is 0 Å². The van der Waals surface area contributed by atoms with E-state index in [1.807, 2.05) is 24.3 Å². The number of carboxylic acids is 1. The number of carbonyl (C=O) groups is 1. The van der Waals surface area contributed by atoms with E-state index >= 15 is 0 Å². The molecule has 2 N–H and O–H groups in total. The Kier molecular flexibility index (Phi) is 3.37. The second-order valence-corrected chi connectivity index (χ2v) is 5.01. The highest BCUT2D eigenvalue weighted by Gasteiger charge is 2.15. The van der Waals surface area contributed by atoms with E-state index in [-0.39, 0.29) is 5.69 Å². The van der Waals surface area contributed by atoms with Gasteiger partial charge in [0, 0.05) is 11.4 Å². The van der Waals surface area contributed by atoms with Crippen LogP contribution in [0.5, 0.6) is 0 Å². The normalized spacial score (nSPS) is 18.1. The lowest BCUT2D eigenvalue weighted by Gasteiger charge is -2.21. The maximum absolute atomic E-state index is 11.2. The first-order chi connectivity index (χ1) is 9.74. The molecule has 1 aliphatic rings. The minimum atomic E-state index is -0.998. The highest BCUT2D eigenvalue weighted by atomic mass is 16.4. The zero-order chi connectivity index (χ0) is 13.9. The van der Waals surface area contributed by atoms with Crippen molar-refractivity contribution in [3.63, 3.8) is 0 Å². The van der Waals surface area contributed by atoms with Gasteiger partial charge >= 0.3 is 5.97 Å². The molecule has 0 saturated heterocycles. The van der Waals surface area contributed by atoms with Crippen LogP contribution in [0.3, 0.4) is 0 Å². The zero-order valence-corrected chi connectivity index (χ0v) is 11.0. The van der Waals surface area contributed by atoms with Gasteiger partial charge < -0.3 is 10.4 Å². The number of aromatic carboxylic acids is 1. The minimum absolute atomic E-state index is 0.0811. The number of aromatic nitrogens is 1. The van der Waals surface area contributed by atoms with Crippen LogP contribution in [0.25, 0.3) is 10.8 Å². The molecular weight excluding hydrogens is 252 g/mol. The number of carboxylic acid groups (broad SMARTS) is 1. The van der Waals surface area contributed by atoms with Gasteiger partial charge in [-0.25, -0.2) is 9.78 Å². The molecule has 102 valence electrons. The first-order valence-corrected chi connectivity index (χ1v) is 6.78. The molecule has 1 heterocycles. The van der Waals surface area contributed by atoms with E-state index in [0.717, 1.165) is 30.0 Å². The fraction of sp³-hybridized carbons (Fsp3) is 0.250. The van der Waals surface area contributed by atoms with Gasteiger partial charge in [-0.15, -0.1) is 0 Å². The number of hydrogen-bond acceptors (Lipinski definition) is 3. The monoisotopic (exact) mass is 268 g/mol. The zero-order valence-electron chi connectivity index (χ0n) is 11.0. The van der Waals surface area contributed by atoms with Crippen molar-refractivity contribution in [3.05, 3.63) is 48.2 Å². The fourth-order valence-corrected chi connectivity index (χ4v) is 2.54. The van der Waals surface area contributed by atoms with Gasteiger partial charge in [-0.3, -0.25) is 0 Å². The molecule has 0 aliphatic heterocycles. The van der Waals surface area contributed by atoms with Crippen molar-refractivity contribution in [1.82, 2.24) is 4.98 Å². The Balaban J connectivity index is 2.02. The number of benzene rings is 1. The summed E-state index contributed by atoms with van der Waals surface area (Å²) in [6.45, 7) is 0. The molecule has 1 atom stereocenters. The largest absolute Gasteiger partial charge is 0.477 e. The number of nitrogens with zero attached hydrogens (tertiary/aromatic N) is 1. The lowest BCUT2D eigenvalue weighted by molar-refractivity contribution is 0.0691. The van der Waals surface area contributed by atoms with Crippen LogP contribution >= 0.6 is 0 Å². The maximum atomic E-state index is 11.2. The van der Waals surface area contributed by atoms with Gasteiger partial charge in [0.25, 0.3) is 0 Å². The lowest BCUT2D eigenvalue weighted by Crippen LogP contribution is -2.21. The van der Waals surface area contributed by atoms with Crippen LogP contribution < -0.4 is 5.32 Å². The third-order valence-corrected chi connectivity index (χ3v) is 3.57. The van der Waals surface area contributed by atoms with Crippen molar-refractivity contribution in [3.8, 4) is 0 Å². The van der Waals surface area contributed by atoms with Gasteiger partial charge in [0.15, 0.2) is 5.69 Å². The van der Waals surface area contributed by atoms with Crippen LogP contribution in [0.4, 0.5) is 5.82 Å². The fourth-order valence-electron chi connectivity index (χ4n) is 2.54. The number of pyridine rings is 1. The van der Waals surface area contributed by atoms with Crippen molar-refractivity contribution in [2.75, 3.05) is 5.32 Å². The van der Waals surface area contributed by atoms with E-state index in [1.54, 1.807) is 6.07 Å². The van der Waals surface area contributed by atoms with E-state index < -0.39 is 5.97 Å². The SMILES string of the molecule is O=C(O)c1cc2ccccc2c(NC2CC=CCC2)n1. The molecule has 2 aromatic rings. The highest BCUT2D eigenvalue weighted by molar-refractivity contribution is 5.97. The number of anilines is 1. The molecule has 4 nitrogen and oxygen atoms in total. The molecule has 0 saturated carbocycles. The first kappa shape index (κ1) is 12.7. The van der Waals surface area contributed by atoms with E-state index in [9.17, 15) is 9.90 Å². The molecule has 0 radical (unpaired) electrons. The average Bonchev–Trinajstić information content (AvgIpc) is 2.48. The molecule has 1 aliphatic carbocycles. The molecule has 1 aromatic heterocycles. The molecule has 20 heavy (non-hydrogen) atoms. The molecule has 0 amide bonds. The van der Waals surface area contributed by atoms with Gasteiger partial charge in [-0.2, -0.15) is 0 Å². The Labute approximate surface area is 117 Å². The summed E-state index contributed by atoms with van der Waals surface area (Å²) in [5, 5.41) is 14.4. The van der Waals surface area contributed by atoms with Crippen LogP contribution in [0, 0.1) is 0 Å². The first-order valence-electron chi connectivity index (χ1n) is 6.78. The Hall–Kier alpha value is -2.36. The third-order valence-electron chi connectivity index (χ3n) is 3.57. The molecule has 3 rings (SSSR count). The minimum Gasteiger partial charge on any atom is -0.477 e. The molecule has 1 aromatic carbocycles. The van der Waals surface area contributed by atoms with Gasteiger partial charge in [0.2, 0.25) is 0 Å². The molecule has 0 spiro atoms. The summed E-state index contributed by atoms with van der Waals surface area (Å²) in [5.74, 6) is -0.330. The van der Waals surface area contributed by atoms with Crippen molar-refractivity contribution in [2.45, 2.75) is 25.3 Å². The maximum Gasteiger partial charge on any atom is 0.354 e. The van der Waals surface area contributed by atoms with Gasteiger partial charge in [-0.05, 0) is 30.7 Å². The van der Waals surface area contributed by atoms with Gasteiger partial charge in [-0.1, -0.05) is 36.4 Å². The Bertz CT molecular complexity index is 679. The second kappa shape index (κ2) is 5.33.